The van der Waals surface area contributed by atoms with E-state index in [4.69, 9.17) is 0 Å². The minimum atomic E-state index is -3.60. The first-order valence-electron chi connectivity index (χ1n) is 10.5. The Balaban J connectivity index is 1.51. The molecule has 0 spiro atoms. The number of hydrogen-bond donors (Lipinski definition) is 2. The highest BCUT2D eigenvalue weighted by Crippen LogP contribution is 2.33. The van der Waals surface area contributed by atoms with Crippen molar-refractivity contribution < 1.29 is 22.8 Å². The Morgan fingerprint density at radius 3 is 2.32 bits per heavy atom. The standard InChI is InChI=1S/C24H24N4O5S/c1-24(20-10-6-8-16-7-4-5-9-19(16)20)22(30)28(23(31)26-24)15-21(29)25-17-11-13-18(14-12-17)34(32,33)27(2)3/h4-14H,15H2,1-3H3,(H,25,29)(H,26,31). The molecule has 0 radical (unpaired) electrons. The van der Waals surface area contributed by atoms with Gasteiger partial charge in [-0.15, -0.1) is 0 Å². The highest BCUT2D eigenvalue weighted by molar-refractivity contribution is 7.89. The van der Waals surface area contributed by atoms with E-state index >= 15 is 0 Å². The maximum absolute atomic E-state index is 13.3. The summed E-state index contributed by atoms with van der Waals surface area (Å²) in [4.78, 5) is 39.5. The number of carbonyl (C=O) groups excluding carboxylic acids is 3. The van der Waals surface area contributed by atoms with Crippen LogP contribution in [0, 0.1) is 0 Å². The van der Waals surface area contributed by atoms with E-state index in [-0.39, 0.29) is 4.90 Å². The molecule has 4 amide bonds. The van der Waals surface area contributed by atoms with E-state index < -0.39 is 40.0 Å². The number of nitrogens with zero attached hydrogens (tertiary/aromatic N) is 2. The Labute approximate surface area is 197 Å². The maximum atomic E-state index is 13.3. The van der Waals surface area contributed by atoms with Gasteiger partial charge in [-0.05, 0) is 47.5 Å². The lowest BCUT2D eigenvalue weighted by atomic mass is 9.88. The van der Waals surface area contributed by atoms with Crippen LogP contribution in [0.15, 0.2) is 71.6 Å². The summed E-state index contributed by atoms with van der Waals surface area (Å²) in [5.74, 6) is -1.12. The van der Waals surface area contributed by atoms with E-state index in [9.17, 15) is 22.8 Å². The van der Waals surface area contributed by atoms with Crippen LogP contribution in [0.5, 0.6) is 0 Å². The quantitative estimate of drug-likeness (QED) is 0.526. The van der Waals surface area contributed by atoms with Gasteiger partial charge in [-0.25, -0.2) is 17.5 Å². The van der Waals surface area contributed by atoms with Gasteiger partial charge in [0.15, 0.2) is 0 Å². The molecule has 3 aromatic rings. The number of nitrogens with one attached hydrogen (secondary N) is 2. The lowest BCUT2D eigenvalue weighted by molar-refractivity contribution is -0.133. The van der Waals surface area contributed by atoms with Crippen molar-refractivity contribution in [3.8, 4) is 0 Å². The minimum absolute atomic E-state index is 0.0791. The van der Waals surface area contributed by atoms with Crippen molar-refractivity contribution in [2.45, 2.75) is 17.4 Å². The molecule has 1 aliphatic rings. The maximum Gasteiger partial charge on any atom is 0.325 e. The Bertz CT molecular complexity index is 1400. The van der Waals surface area contributed by atoms with Crippen LogP contribution in [0.2, 0.25) is 0 Å². The van der Waals surface area contributed by atoms with Crippen molar-refractivity contribution in [3.05, 3.63) is 72.3 Å². The average molecular weight is 481 g/mol. The van der Waals surface area contributed by atoms with Crippen LogP contribution in [0.3, 0.4) is 0 Å². The fraction of sp³-hybridized carbons (Fsp3) is 0.208. The Hall–Kier alpha value is -3.76. The minimum Gasteiger partial charge on any atom is -0.325 e. The van der Waals surface area contributed by atoms with Gasteiger partial charge in [0.25, 0.3) is 5.91 Å². The number of imide groups is 1. The molecule has 10 heteroatoms. The molecule has 0 aromatic heterocycles. The number of amides is 4. The van der Waals surface area contributed by atoms with Crippen molar-refractivity contribution in [3.63, 3.8) is 0 Å². The van der Waals surface area contributed by atoms with Crippen LogP contribution in [0.1, 0.15) is 12.5 Å². The average Bonchev–Trinajstić information content (AvgIpc) is 3.02. The zero-order valence-corrected chi connectivity index (χ0v) is 19.7. The number of hydrogen-bond acceptors (Lipinski definition) is 5. The van der Waals surface area contributed by atoms with Crippen LogP contribution < -0.4 is 10.6 Å². The second-order valence-corrected chi connectivity index (χ2v) is 10.5. The van der Waals surface area contributed by atoms with Crippen molar-refractivity contribution in [2.24, 2.45) is 0 Å². The monoisotopic (exact) mass is 480 g/mol. The fourth-order valence-corrected chi connectivity index (χ4v) is 4.85. The second-order valence-electron chi connectivity index (χ2n) is 8.33. The Morgan fingerprint density at radius 2 is 1.65 bits per heavy atom. The smallest absolute Gasteiger partial charge is 0.325 e. The topological polar surface area (TPSA) is 116 Å². The molecule has 0 aliphatic carbocycles. The van der Waals surface area contributed by atoms with E-state index in [1.54, 1.807) is 13.0 Å². The van der Waals surface area contributed by atoms with Gasteiger partial charge in [-0.3, -0.25) is 14.5 Å². The number of benzene rings is 3. The number of sulfonamides is 1. The summed E-state index contributed by atoms with van der Waals surface area (Å²) in [7, 11) is -0.744. The van der Waals surface area contributed by atoms with E-state index in [1.807, 2.05) is 36.4 Å². The third kappa shape index (κ3) is 4.02. The fourth-order valence-electron chi connectivity index (χ4n) is 3.95. The van der Waals surface area contributed by atoms with Gasteiger partial charge < -0.3 is 10.6 Å². The lowest BCUT2D eigenvalue weighted by Gasteiger charge is -2.24. The molecule has 1 unspecified atom stereocenters. The van der Waals surface area contributed by atoms with Gasteiger partial charge in [-0.2, -0.15) is 0 Å². The molecule has 0 bridgehead atoms. The van der Waals surface area contributed by atoms with Gasteiger partial charge >= 0.3 is 6.03 Å². The van der Waals surface area contributed by atoms with Crippen LogP contribution in [0.4, 0.5) is 10.5 Å². The first kappa shape index (κ1) is 23.4. The van der Waals surface area contributed by atoms with Crippen LogP contribution in [0.25, 0.3) is 10.8 Å². The molecular formula is C24H24N4O5S. The second kappa shape index (κ2) is 8.54. The van der Waals surface area contributed by atoms with Crippen LogP contribution in [-0.2, 0) is 25.2 Å². The molecule has 176 valence electrons. The Kier molecular flexibility index (Phi) is 5.88. The van der Waals surface area contributed by atoms with Gasteiger partial charge in [0.1, 0.15) is 12.1 Å². The molecule has 34 heavy (non-hydrogen) atoms. The zero-order valence-electron chi connectivity index (χ0n) is 18.9. The molecule has 3 aromatic carbocycles. The molecule has 1 saturated heterocycles. The van der Waals surface area contributed by atoms with Gasteiger partial charge in [0.2, 0.25) is 15.9 Å². The first-order valence-corrected chi connectivity index (χ1v) is 11.9. The molecule has 1 aliphatic heterocycles. The summed E-state index contributed by atoms with van der Waals surface area (Å²) < 4.78 is 25.4. The third-order valence-electron chi connectivity index (χ3n) is 5.82. The third-order valence-corrected chi connectivity index (χ3v) is 7.65. The zero-order chi connectivity index (χ0) is 24.7. The summed E-state index contributed by atoms with van der Waals surface area (Å²) in [5, 5.41) is 7.09. The Morgan fingerprint density at radius 1 is 1.00 bits per heavy atom. The van der Waals surface area contributed by atoms with E-state index in [0.717, 1.165) is 20.0 Å². The van der Waals surface area contributed by atoms with Crippen LogP contribution in [-0.4, -0.2) is 56.1 Å². The normalized spacial score (nSPS) is 18.4. The highest BCUT2D eigenvalue weighted by atomic mass is 32.2. The van der Waals surface area contributed by atoms with Crippen molar-refractivity contribution in [1.82, 2.24) is 14.5 Å². The van der Waals surface area contributed by atoms with Crippen molar-refractivity contribution in [2.75, 3.05) is 26.0 Å². The first-order chi connectivity index (χ1) is 16.0. The van der Waals surface area contributed by atoms with Crippen molar-refractivity contribution >= 4 is 44.3 Å². The predicted octanol–water partition coefficient (Wildman–Crippen LogP) is 2.50. The molecule has 1 fully saturated rings. The number of rotatable bonds is 6. The molecular weight excluding hydrogens is 456 g/mol. The predicted molar refractivity (Wildman–Crippen MR) is 127 cm³/mol. The molecule has 1 heterocycles. The SMILES string of the molecule is CN(C)S(=O)(=O)c1ccc(NC(=O)CN2C(=O)NC(C)(c3cccc4ccccc34)C2=O)cc1. The number of fused-ring (bicyclic) bond motifs is 1. The summed E-state index contributed by atoms with van der Waals surface area (Å²) in [6.07, 6.45) is 0. The van der Waals surface area contributed by atoms with E-state index in [1.165, 1.54) is 38.4 Å². The summed E-state index contributed by atoms with van der Waals surface area (Å²) in [5.41, 5.74) is -0.337. The highest BCUT2D eigenvalue weighted by Gasteiger charge is 2.50. The summed E-state index contributed by atoms with van der Waals surface area (Å²) >= 11 is 0. The van der Waals surface area contributed by atoms with Gasteiger partial charge in [-0.1, -0.05) is 42.5 Å². The van der Waals surface area contributed by atoms with Gasteiger partial charge in [0, 0.05) is 19.8 Å². The number of urea groups is 1. The largest absolute Gasteiger partial charge is 0.325 e. The molecule has 4 rings (SSSR count). The van der Waals surface area contributed by atoms with Crippen LogP contribution >= 0.6 is 0 Å². The lowest BCUT2D eigenvalue weighted by Crippen LogP contribution is -2.42. The van der Waals surface area contributed by atoms with Gasteiger partial charge in [0.05, 0.1) is 4.90 Å². The van der Waals surface area contributed by atoms with Crippen molar-refractivity contribution in [1.29, 1.82) is 0 Å². The van der Waals surface area contributed by atoms with E-state index in [0.29, 0.717) is 11.3 Å². The molecule has 1 atom stereocenters. The summed E-state index contributed by atoms with van der Waals surface area (Å²) in [6.45, 7) is 1.14. The molecule has 9 nitrogen and oxygen atoms in total. The number of carbonyl (C=O) groups is 3. The van der Waals surface area contributed by atoms with E-state index in [2.05, 4.69) is 10.6 Å². The molecule has 2 N–H and O–H groups in total. The summed E-state index contributed by atoms with van der Waals surface area (Å²) in [6, 6.07) is 18.0. The number of anilines is 1. The molecule has 0 saturated carbocycles.